The predicted octanol–water partition coefficient (Wildman–Crippen LogP) is 1.84. The number of aliphatic imine (C=N–C) groups is 1. The molecule has 3 heterocycles. The van der Waals surface area contributed by atoms with Crippen LogP contribution >= 0.6 is 23.1 Å². The van der Waals surface area contributed by atoms with Crippen LogP contribution in [0.15, 0.2) is 21.5 Å². The summed E-state index contributed by atoms with van der Waals surface area (Å²) in [7, 11) is 0. The number of nitrogens with zero attached hydrogens (tertiary/aromatic N) is 3. The van der Waals surface area contributed by atoms with Crippen LogP contribution in [0.1, 0.15) is 19.0 Å². The number of nitrogens with one attached hydrogen (secondary N) is 1. The first kappa shape index (κ1) is 16.0. The average molecular weight is 352 g/mol. The van der Waals surface area contributed by atoms with Crippen LogP contribution in [0, 0.1) is 0 Å². The Morgan fingerprint density at radius 3 is 3.13 bits per heavy atom. The molecule has 7 nitrogen and oxygen atoms in total. The molecule has 0 fully saturated rings. The first-order valence-electron chi connectivity index (χ1n) is 7.23. The Labute approximate surface area is 141 Å². The van der Waals surface area contributed by atoms with Gasteiger partial charge in [0.2, 0.25) is 5.91 Å². The summed E-state index contributed by atoms with van der Waals surface area (Å²) in [4.78, 5) is 34.2. The van der Waals surface area contributed by atoms with Gasteiger partial charge in [-0.15, -0.1) is 11.3 Å². The maximum atomic E-state index is 12.1. The summed E-state index contributed by atoms with van der Waals surface area (Å²) in [6.45, 7) is 3.73. The van der Waals surface area contributed by atoms with E-state index in [2.05, 4.69) is 20.2 Å². The molecule has 1 aromatic rings. The second kappa shape index (κ2) is 7.14. The highest BCUT2D eigenvalue weighted by Gasteiger charge is 2.27. The Morgan fingerprint density at radius 2 is 2.30 bits per heavy atom. The number of carbonyl (C=O) groups excluding carboxylic acids is 2. The monoisotopic (exact) mass is 352 g/mol. The molecule has 2 aliphatic rings. The Morgan fingerprint density at radius 1 is 1.43 bits per heavy atom. The van der Waals surface area contributed by atoms with Crippen molar-refractivity contribution in [2.24, 2.45) is 4.99 Å². The second-order valence-corrected chi connectivity index (χ2v) is 6.59. The number of carbonyl (C=O) groups is 2. The lowest BCUT2D eigenvalue weighted by Crippen LogP contribution is -2.24. The van der Waals surface area contributed by atoms with Crippen LogP contribution in [0.5, 0.6) is 0 Å². The van der Waals surface area contributed by atoms with E-state index in [9.17, 15) is 9.59 Å². The molecular formula is C14H16N4O3S2. The first-order valence-corrected chi connectivity index (χ1v) is 8.99. The zero-order chi connectivity index (χ0) is 16.2. The van der Waals surface area contributed by atoms with Crippen molar-refractivity contribution in [3.63, 3.8) is 0 Å². The second-order valence-electron chi connectivity index (χ2n) is 4.89. The molecule has 3 rings (SSSR count). The fourth-order valence-corrected chi connectivity index (χ4v) is 3.93. The van der Waals surface area contributed by atoms with Crippen molar-refractivity contribution >= 4 is 45.3 Å². The fraction of sp³-hybridized carbons (Fsp3) is 0.429. The van der Waals surface area contributed by atoms with Gasteiger partial charge in [-0.25, -0.2) is 4.98 Å². The molecule has 1 amide bonds. The number of thioether (sulfide) groups is 1. The van der Waals surface area contributed by atoms with Gasteiger partial charge in [0.25, 0.3) is 0 Å². The summed E-state index contributed by atoms with van der Waals surface area (Å²) < 4.78 is 4.88. The number of ether oxygens (including phenoxy) is 1. The van der Waals surface area contributed by atoms with E-state index in [0.29, 0.717) is 23.9 Å². The molecule has 1 aromatic heterocycles. The number of amides is 1. The number of hydrogen-bond donors (Lipinski definition) is 1. The molecule has 0 radical (unpaired) electrons. The summed E-state index contributed by atoms with van der Waals surface area (Å²) in [6.07, 6.45) is 0.411. The molecule has 2 aliphatic heterocycles. The predicted molar refractivity (Wildman–Crippen MR) is 90.4 cm³/mol. The molecular weight excluding hydrogens is 336 g/mol. The van der Waals surface area contributed by atoms with Crippen molar-refractivity contribution in [2.75, 3.05) is 25.0 Å². The van der Waals surface area contributed by atoms with Gasteiger partial charge in [0.1, 0.15) is 0 Å². The van der Waals surface area contributed by atoms with Crippen molar-refractivity contribution in [2.45, 2.75) is 19.8 Å². The van der Waals surface area contributed by atoms with Gasteiger partial charge in [-0.3, -0.25) is 14.6 Å². The van der Waals surface area contributed by atoms with E-state index in [4.69, 9.17) is 4.74 Å². The van der Waals surface area contributed by atoms with E-state index in [1.165, 1.54) is 11.3 Å². The van der Waals surface area contributed by atoms with Crippen molar-refractivity contribution in [1.29, 1.82) is 0 Å². The third-order valence-corrected chi connectivity index (χ3v) is 4.98. The normalized spacial score (nSPS) is 16.0. The smallest absolute Gasteiger partial charge is 0.311 e. The zero-order valence-corrected chi connectivity index (χ0v) is 14.2. The minimum absolute atomic E-state index is 0.121. The quantitative estimate of drug-likeness (QED) is 0.787. The summed E-state index contributed by atoms with van der Waals surface area (Å²) in [6, 6.07) is 0. The van der Waals surface area contributed by atoms with E-state index >= 15 is 0 Å². The summed E-state index contributed by atoms with van der Waals surface area (Å²) in [5, 5.41) is 7.96. The lowest BCUT2D eigenvalue weighted by Gasteiger charge is -2.15. The topological polar surface area (TPSA) is 83.9 Å². The molecule has 23 heavy (non-hydrogen) atoms. The van der Waals surface area contributed by atoms with Gasteiger partial charge < -0.3 is 15.0 Å². The first-order chi connectivity index (χ1) is 11.2. The Kier molecular flexibility index (Phi) is 4.97. The third-order valence-electron chi connectivity index (χ3n) is 3.22. The van der Waals surface area contributed by atoms with Gasteiger partial charge in [0, 0.05) is 17.6 Å². The SMILES string of the molecule is CCOC(=O)Cc1csc(NC(=O)CC2=CSC3=NCCN23)n1. The molecule has 0 aromatic carbocycles. The van der Waals surface area contributed by atoms with Crippen LogP contribution < -0.4 is 5.32 Å². The minimum Gasteiger partial charge on any atom is -0.466 e. The number of rotatable bonds is 6. The highest BCUT2D eigenvalue weighted by Crippen LogP contribution is 2.31. The Balaban J connectivity index is 1.51. The number of fused-ring (bicyclic) bond motifs is 1. The molecule has 1 N–H and O–H groups in total. The average Bonchev–Trinajstić information content (AvgIpc) is 3.18. The van der Waals surface area contributed by atoms with Crippen molar-refractivity contribution in [3.8, 4) is 0 Å². The molecule has 0 saturated carbocycles. The van der Waals surface area contributed by atoms with Crippen LogP contribution in [0.2, 0.25) is 0 Å². The van der Waals surface area contributed by atoms with E-state index in [1.807, 2.05) is 5.41 Å². The highest BCUT2D eigenvalue weighted by atomic mass is 32.2. The summed E-state index contributed by atoms with van der Waals surface area (Å²) in [5.41, 5.74) is 1.57. The molecule has 0 aliphatic carbocycles. The van der Waals surface area contributed by atoms with E-state index < -0.39 is 0 Å². The van der Waals surface area contributed by atoms with Gasteiger partial charge in [0.15, 0.2) is 10.3 Å². The number of hydrogen-bond acceptors (Lipinski definition) is 8. The summed E-state index contributed by atoms with van der Waals surface area (Å²) >= 11 is 2.86. The van der Waals surface area contributed by atoms with Crippen LogP contribution in [0.25, 0.3) is 0 Å². The highest BCUT2D eigenvalue weighted by molar-refractivity contribution is 8.16. The largest absolute Gasteiger partial charge is 0.466 e. The maximum Gasteiger partial charge on any atom is 0.311 e. The molecule has 122 valence electrons. The van der Waals surface area contributed by atoms with Crippen molar-refractivity contribution in [1.82, 2.24) is 9.88 Å². The van der Waals surface area contributed by atoms with Crippen LogP contribution in [0.3, 0.4) is 0 Å². The molecule has 0 saturated heterocycles. The van der Waals surface area contributed by atoms with Gasteiger partial charge >= 0.3 is 5.97 Å². The number of anilines is 1. The van der Waals surface area contributed by atoms with Crippen LogP contribution in [-0.4, -0.2) is 46.6 Å². The molecule has 9 heteroatoms. The fourth-order valence-electron chi connectivity index (χ4n) is 2.25. The zero-order valence-electron chi connectivity index (χ0n) is 12.6. The molecule has 0 spiro atoms. The maximum absolute atomic E-state index is 12.1. The number of thiazole rings is 1. The molecule has 0 atom stereocenters. The molecule has 0 unspecified atom stereocenters. The standard InChI is InChI=1S/C14H16N4O3S2/c1-2-21-12(20)5-9-7-22-13(16-9)17-11(19)6-10-8-23-14-15-3-4-18(10)14/h7-8H,2-6H2,1H3,(H,16,17,19). The summed E-state index contributed by atoms with van der Waals surface area (Å²) in [5.74, 6) is -0.438. The van der Waals surface area contributed by atoms with Gasteiger partial charge in [0.05, 0.1) is 31.7 Å². The van der Waals surface area contributed by atoms with Gasteiger partial charge in [-0.05, 0) is 12.3 Å². The van der Waals surface area contributed by atoms with Crippen molar-refractivity contribution in [3.05, 3.63) is 22.2 Å². The van der Waals surface area contributed by atoms with Gasteiger partial charge in [-0.1, -0.05) is 11.8 Å². The number of aromatic nitrogens is 1. The van der Waals surface area contributed by atoms with E-state index in [1.54, 1.807) is 24.1 Å². The van der Waals surface area contributed by atoms with E-state index in [0.717, 1.165) is 24.0 Å². The van der Waals surface area contributed by atoms with Crippen LogP contribution in [-0.2, 0) is 20.7 Å². The third kappa shape index (κ3) is 3.91. The Bertz CT molecular complexity index is 683. The Hall–Kier alpha value is -1.87. The number of esters is 1. The minimum atomic E-state index is -0.315. The van der Waals surface area contributed by atoms with E-state index in [-0.39, 0.29) is 18.3 Å². The van der Waals surface area contributed by atoms with Crippen LogP contribution in [0.4, 0.5) is 5.13 Å². The van der Waals surface area contributed by atoms with Crippen molar-refractivity contribution < 1.29 is 14.3 Å². The lowest BCUT2D eigenvalue weighted by atomic mass is 10.3. The number of amidine groups is 1. The molecule has 0 bridgehead atoms. The lowest BCUT2D eigenvalue weighted by molar-refractivity contribution is -0.142. The van der Waals surface area contributed by atoms with Gasteiger partial charge in [-0.2, -0.15) is 0 Å².